The van der Waals surface area contributed by atoms with Crippen LogP contribution in [-0.2, 0) is 14.4 Å². The number of nitrogens with zero attached hydrogens (tertiary/aromatic N) is 2. The van der Waals surface area contributed by atoms with Crippen LogP contribution in [0.4, 0.5) is 17.1 Å². The highest BCUT2D eigenvalue weighted by Gasteiger charge is 2.35. The summed E-state index contributed by atoms with van der Waals surface area (Å²) in [5.74, 6) is -1.18. The summed E-state index contributed by atoms with van der Waals surface area (Å²) in [5.41, 5.74) is 2.02. The topological polar surface area (TPSA) is 102 Å². The SMILES string of the molecule is CC(=O)Nc1cccc(N2CC(C(=O)Nc3ccccc3C#N)CC2=O)c1. The number of carbonyl (C=O) groups excluding carboxylic acids is 3. The quantitative estimate of drug-likeness (QED) is 0.872. The molecular formula is C20H18N4O3. The summed E-state index contributed by atoms with van der Waals surface area (Å²) in [7, 11) is 0. The molecule has 1 aliphatic heterocycles. The number of amides is 3. The van der Waals surface area contributed by atoms with Gasteiger partial charge in [-0.25, -0.2) is 0 Å². The molecule has 7 heteroatoms. The second-order valence-electron chi connectivity index (χ2n) is 6.28. The van der Waals surface area contributed by atoms with Gasteiger partial charge in [-0.1, -0.05) is 18.2 Å². The number of carbonyl (C=O) groups is 3. The maximum absolute atomic E-state index is 12.6. The van der Waals surface area contributed by atoms with E-state index in [1.165, 1.54) is 11.8 Å². The first-order chi connectivity index (χ1) is 13.0. The van der Waals surface area contributed by atoms with Crippen LogP contribution in [0.2, 0.25) is 0 Å². The van der Waals surface area contributed by atoms with Gasteiger partial charge in [-0.15, -0.1) is 0 Å². The largest absolute Gasteiger partial charge is 0.326 e. The summed E-state index contributed by atoms with van der Waals surface area (Å²) in [5, 5.41) is 14.5. The van der Waals surface area contributed by atoms with E-state index in [-0.39, 0.29) is 30.7 Å². The van der Waals surface area contributed by atoms with Gasteiger partial charge in [-0.05, 0) is 30.3 Å². The second-order valence-corrected chi connectivity index (χ2v) is 6.28. The molecule has 0 bridgehead atoms. The zero-order chi connectivity index (χ0) is 19.4. The van der Waals surface area contributed by atoms with Gasteiger partial charge in [0.2, 0.25) is 17.7 Å². The fourth-order valence-corrected chi connectivity index (χ4v) is 3.01. The van der Waals surface area contributed by atoms with Crippen molar-refractivity contribution < 1.29 is 14.4 Å². The lowest BCUT2D eigenvalue weighted by Gasteiger charge is -2.18. The van der Waals surface area contributed by atoms with Gasteiger partial charge in [-0.2, -0.15) is 5.26 Å². The van der Waals surface area contributed by atoms with Crippen molar-refractivity contribution in [2.45, 2.75) is 13.3 Å². The van der Waals surface area contributed by atoms with Crippen molar-refractivity contribution in [3.8, 4) is 6.07 Å². The monoisotopic (exact) mass is 362 g/mol. The number of hydrogen-bond acceptors (Lipinski definition) is 4. The van der Waals surface area contributed by atoms with Gasteiger partial charge < -0.3 is 15.5 Å². The first-order valence-electron chi connectivity index (χ1n) is 8.46. The van der Waals surface area contributed by atoms with Crippen LogP contribution >= 0.6 is 0 Å². The van der Waals surface area contributed by atoms with Crippen molar-refractivity contribution in [3.05, 3.63) is 54.1 Å². The van der Waals surface area contributed by atoms with E-state index >= 15 is 0 Å². The van der Waals surface area contributed by atoms with Gasteiger partial charge in [0.05, 0.1) is 17.2 Å². The number of rotatable bonds is 4. The number of anilines is 3. The van der Waals surface area contributed by atoms with Gasteiger partial charge in [0.15, 0.2) is 0 Å². The Morgan fingerprint density at radius 3 is 2.67 bits per heavy atom. The van der Waals surface area contributed by atoms with E-state index in [4.69, 9.17) is 5.26 Å². The predicted molar refractivity (Wildman–Crippen MR) is 101 cm³/mol. The summed E-state index contributed by atoms with van der Waals surface area (Å²) in [6.07, 6.45) is 0.0882. The van der Waals surface area contributed by atoms with Gasteiger partial charge in [0, 0.05) is 31.3 Å². The molecule has 1 aliphatic rings. The Kier molecular flexibility index (Phi) is 5.18. The lowest BCUT2D eigenvalue weighted by Crippen LogP contribution is -2.28. The van der Waals surface area contributed by atoms with Crippen LogP contribution in [0.5, 0.6) is 0 Å². The van der Waals surface area contributed by atoms with E-state index in [1.807, 2.05) is 6.07 Å². The molecule has 27 heavy (non-hydrogen) atoms. The molecule has 3 amide bonds. The Labute approximate surface area is 156 Å². The first-order valence-corrected chi connectivity index (χ1v) is 8.46. The maximum atomic E-state index is 12.6. The number of hydrogen-bond donors (Lipinski definition) is 2. The van der Waals surface area contributed by atoms with E-state index in [2.05, 4.69) is 10.6 Å². The molecule has 2 aromatic carbocycles. The second kappa shape index (κ2) is 7.70. The average molecular weight is 362 g/mol. The van der Waals surface area contributed by atoms with E-state index in [9.17, 15) is 14.4 Å². The Morgan fingerprint density at radius 2 is 1.93 bits per heavy atom. The minimum absolute atomic E-state index is 0.0882. The van der Waals surface area contributed by atoms with Crippen LogP contribution in [0.15, 0.2) is 48.5 Å². The molecule has 0 radical (unpaired) electrons. The molecule has 0 aliphatic carbocycles. The van der Waals surface area contributed by atoms with Crippen LogP contribution < -0.4 is 15.5 Å². The van der Waals surface area contributed by atoms with Gasteiger partial charge in [-0.3, -0.25) is 14.4 Å². The predicted octanol–water partition coefficient (Wildman–Crippen LogP) is 2.51. The summed E-state index contributed by atoms with van der Waals surface area (Å²) in [6, 6.07) is 15.7. The number of nitrogens with one attached hydrogen (secondary N) is 2. The van der Waals surface area contributed by atoms with Gasteiger partial charge in [0.1, 0.15) is 6.07 Å². The molecule has 1 unspecified atom stereocenters. The van der Waals surface area contributed by atoms with Crippen molar-refractivity contribution in [1.82, 2.24) is 0 Å². The van der Waals surface area contributed by atoms with Crippen LogP contribution in [0, 0.1) is 17.2 Å². The first kappa shape index (κ1) is 18.1. The highest BCUT2D eigenvalue weighted by molar-refractivity contribution is 6.04. The Hall–Kier alpha value is -3.66. The standard InChI is InChI=1S/C20H18N4O3/c1-13(25)22-16-6-4-7-17(10-16)24-12-15(9-19(24)26)20(27)23-18-8-3-2-5-14(18)11-21/h2-8,10,15H,9,12H2,1H3,(H,22,25)(H,23,27). The minimum atomic E-state index is -0.520. The molecule has 2 N–H and O–H groups in total. The molecule has 136 valence electrons. The fourth-order valence-electron chi connectivity index (χ4n) is 3.01. The van der Waals surface area contributed by atoms with E-state index in [0.717, 1.165) is 0 Å². The number of benzene rings is 2. The molecule has 3 rings (SSSR count). The fraction of sp³-hybridized carbons (Fsp3) is 0.200. The van der Waals surface area contributed by atoms with Crippen LogP contribution in [0.25, 0.3) is 0 Å². The number of para-hydroxylation sites is 1. The Balaban J connectivity index is 1.73. The summed E-state index contributed by atoms with van der Waals surface area (Å²) < 4.78 is 0. The third kappa shape index (κ3) is 4.12. The zero-order valence-corrected chi connectivity index (χ0v) is 14.7. The summed E-state index contributed by atoms with van der Waals surface area (Å²) >= 11 is 0. The van der Waals surface area contributed by atoms with Gasteiger partial charge >= 0.3 is 0 Å². The molecule has 0 aromatic heterocycles. The normalized spacial score (nSPS) is 15.9. The summed E-state index contributed by atoms with van der Waals surface area (Å²) in [6.45, 7) is 1.65. The zero-order valence-electron chi connectivity index (χ0n) is 14.7. The lowest BCUT2D eigenvalue weighted by molar-refractivity contribution is -0.122. The smallest absolute Gasteiger partial charge is 0.229 e. The van der Waals surface area contributed by atoms with Crippen molar-refractivity contribution in [2.75, 3.05) is 22.1 Å². The summed E-state index contributed by atoms with van der Waals surface area (Å²) in [4.78, 5) is 37.7. The third-order valence-corrected chi connectivity index (χ3v) is 4.28. The Bertz CT molecular complexity index is 948. The van der Waals surface area contributed by atoms with Crippen LogP contribution in [0.3, 0.4) is 0 Å². The molecule has 1 fully saturated rings. The minimum Gasteiger partial charge on any atom is -0.326 e. The lowest BCUT2D eigenvalue weighted by atomic mass is 10.1. The molecule has 1 saturated heterocycles. The van der Waals surface area contributed by atoms with Crippen LogP contribution in [-0.4, -0.2) is 24.3 Å². The highest BCUT2D eigenvalue weighted by Crippen LogP contribution is 2.28. The molecule has 0 spiro atoms. The molecule has 7 nitrogen and oxygen atoms in total. The van der Waals surface area contributed by atoms with Crippen molar-refractivity contribution in [3.63, 3.8) is 0 Å². The average Bonchev–Trinajstić information content (AvgIpc) is 3.04. The third-order valence-electron chi connectivity index (χ3n) is 4.28. The highest BCUT2D eigenvalue weighted by atomic mass is 16.2. The molecule has 0 saturated carbocycles. The van der Waals surface area contributed by atoms with Crippen molar-refractivity contribution >= 4 is 34.8 Å². The van der Waals surface area contributed by atoms with Crippen LogP contribution in [0.1, 0.15) is 18.9 Å². The van der Waals surface area contributed by atoms with Gasteiger partial charge in [0.25, 0.3) is 0 Å². The van der Waals surface area contributed by atoms with E-state index in [1.54, 1.807) is 48.5 Å². The maximum Gasteiger partial charge on any atom is 0.229 e. The van der Waals surface area contributed by atoms with Crippen molar-refractivity contribution in [2.24, 2.45) is 5.92 Å². The molecule has 2 aromatic rings. The molecule has 1 atom stereocenters. The van der Waals surface area contributed by atoms with E-state index in [0.29, 0.717) is 22.6 Å². The number of nitriles is 1. The van der Waals surface area contributed by atoms with E-state index < -0.39 is 5.92 Å². The molecule has 1 heterocycles. The molecular weight excluding hydrogens is 344 g/mol. The Morgan fingerprint density at radius 1 is 1.15 bits per heavy atom. The van der Waals surface area contributed by atoms with Crippen molar-refractivity contribution in [1.29, 1.82) is 5.26 Å².